The third-order valence-corrected chi connectivity index (χ3v) is 12.5. The molecule has 1 atom stereocenters. The zero-order valence-corrected chi connectivity index (χ0v) is 43.7. The second-order valence-electron chi connectivity index (χ2n) is 19.0. The van der Waals surface area contributed by atoms with Crippen molar-refractivity contribution in [1.29, 1.82) is 0 Å². The topological polar surface area (TPSA) is 72.8 Å². The molecule has 5 nitrogen and oxygen atoms in total. The van der Waals surface area contributed by atoms with Crippen molar-refractivity contribution >= 4 is 11.9 Å². The maximum Gasteiger partial charge on any atom is 0.306 e. The Hall–Kier alpha value is -2.66. The SMILES string of the molecule is CC/C=C\C/C=C\C/C=C\C/C=C\C/C=C\CCCCCCCCCCCC(=O)OC(CO)COC(=O)CCCCCCCCCCCCCCCCC/C=C\CCCCCCCCCC. The van der Waals surface area contributed by atoms with Crippen molar-refractivity contribution in [1.82, 2.24) is 0 Å². The van der Waals surface area contributed by atoms with Gasteiger partial charge in [-0.1, -0.05) is 260 Å². The van der Waals surface area contributed by atoms with Gasteiger partial charge in [0.2, 0.25) is 0 Å². The monoisotopic (exact) mass is 921 g/mol. The number of rotatable bonds is 52. The Morgan fingerprint density at radius 2 is 0.652 bits per heavy atom. The van der Waals surface area contributed by atoms with Gasteiger partial charge in [-0.05, 0) is 83.5 Å². The van der Waals surface area contributed by atoms with Crippen LogP contribution in [-0.4, -0.2) is 36.4 Å². The zero-order chi connectivity index (χ0) is 47.7. The van der Waals surface area contributed by atoms with E-state index in [1.165, 1.54) is 186 Å². The zero-order valence-electron chi connectivity index (χ0n) is 43.7. The van der Waals surface area contributed by atoms with Gasteiger partial charge in [0, 0.05) is 12.8 Å². The van der Waals surface area contributed by atoms with Crippen LogP contribution in [0.5, 0.6) is 0 Å². The molecular weight excluding hydrogens is 813 g/mol. The van der Waals surface area contributed by atoms with E-state index in [1.807, 2.05) is 0 Å². The first-order valence-corrected chi connectivity index (χ1v) is 28.5. The molecule has 0 heterocycles. The van der Waals surface area contributed by atoms with Crippen LogP contribution in [0.2, 0.25) is 0 Å². The maximum absolute atomic E-state index is 12.3. The van der Waals surface area contributed by atoms with Crippen LogP contribution in [0.25, 0.3) is 0 Å². The molecular formula is C61H108O5. The van der Waals surface area contributed by atoms with Gasteiger partial charge < -0.3 is 14.6 Å². The van der Waals surface area contributed by atoms with Crippen molar-refractivity contribution in [3.8, 4) is 0 Å². The van der Waals surface area contributed by atoms with E-state index in [9.17, 15) is 14.7 Å². The van der Waals surface area contributed by atoms with Crippen LogP contribution in [0.15, 0.2) is 72.9 Å². The smallest absolute Gasteiger partial charge is 0.306 e. The molecule has 0 bridgehead atoms. The summed E-state index contributed by atoms with van der Waals surface area (Å²) < 4.78 is 10.7. The van der Waals surface area contributed by atoms with Gasteiger partial charge in [0.25, 0.3) is 0 Å². The lowest BCUT2D eigenvalue weighted by Crippen LogP contribution is -2.28. The minimum Gasteiger partial charge on any atom is -0.462 e. The Morgan fingerprint density at radius 3 is 1.00 bits per heavy atom. The van der Waals surface area contributed by atoms with E-state index in [2.05, 4.69) is 86.8 Å². The van der Waals surface area contributed by atoms with E-state index < -0.39 is 6.10 Å². The first-order valence-electron chi connectivity index (χ1n) is 28.5. The number of aliphatic hydroxyl groups is 1. The second kappa shape index (κ2) is 56.7. The number of esters is 2. The number of carbonyl (C=O) groups excluding carboxylic acids is 2. The summed E-state index contributed by atoms with van der Waals surface area (Å²) >= 11 is 0. The predicted molar refractivity (Wildman–Crippen MR) is 288 cm³/mol. The van der Waals surface area contributed by atoms with Crippen LogP contribution in [-0.2, 0) is 19.1 Å². The quantitative estimate of drug-likeness (QED) is 0.0374. The Labute approximate surface area is 410 Å². The third-order valence-electron chi connectivity index (χ3n) is 12.5. The van der Waals surface area contributed by atoms with Gasteiger partial charge in [0.05, 0.1) is 6.61 Å². The van der Waals surface area contributed by atoms with Crippen LogP contribution < -0.4 is 0 Å². The maximum atomic E-state index is 12.3. The van der Waals surface area contributed by atoms with E-state index in [1.54, 1.807) is 0 Å². The number of hydrogen-bond donors (Lipinski definition) is 1. The molecule has 0 fully saturated rings. The lowest BCUT2D eigenvalue weighted by Gasteiger charge is -2.15. The fourth-order valence-electron chi connectivity index (χ4n) is 8.23. The predicted octanol–water partition coefficient (Wildman–Crippen LogP) is 19.2. The lowest BCUT2D eigenvalue weighted by atomic mass is 10.0. The van der Waals surface area contributed by atoms with Gasteiger partial charge in [-0.3, -0.25) is 9.59 Å². The molecule has 0 aromatic carbocycles. The standard InChI is InChI=1S/C61H108O5/c1-3-5-7-9-11-13-15-17-19-21-23-25-27-29-30-32-33-35-37-39-41-43-45-47-49-51-53-55-60(63)65-58-59(57-62)66-61(64)56-54-52-50-48-46-44-42-40-38-36-34-31-28-26-24-22-20-18-16-14-12-10-8-6-4-2/h6,8,12,14,18,20-21,23-24,26,31,34,59,62H,3-5,7,9-11,13,15-17,19,22,25,27-30,32-33,35-58H2,1-2H3/b8-6-,14-12-,20-18-,23-21-,26-24-,34-31-. The van der Waals surface area contributed by atoms with E-state index in [0.717, 1.165) is 70.6 Å². The summed E-state index contributed by atoms with van der Waals surface area (Å²) in [5.74, 6) is -0.590. The van der Waals surface area contributed by atoms with Crippen molar-refractivity contribution in [3.63, 3.8) is 0 Å². The fourth-order valence-corrected chi connectivity index (χ4v) is 8.23. The van der Waals surface area contributed by atoms with Crippen molar-refractivity contribution in [2.75, 3.05) is 13.2 Å². The molecule has 0 saturated carbocycles. The number of hydrogen-bond acceptors (Lipinski definition) is 5. The largest absolute Gasteiger partial charge is 0.462 e. The number of aliphatic hydroxyl groups excluding tert-OH is 1. The van der Waals surface area contributed by atoms with Gasteiger partial charge in [-0.2, -0.15) is 0 Å². The van der Waals surface area contributed by atoms with Crippen molar-refractivity contribution in [2.24, 2.45) is 0 Å². The highest BCUT2D eigenvalue weighted by molar-refractivity contribution is 5.70. The van der Waals surface area contributed by atoms with Gasteiger partial charge >= 0.3 is 11.9 Å². The highest BCUT2D eigenvalue weighted by atomic mass is 16.6. The fraction of sp³-hybridized carbons (Fsp3) is 0.770. The lowest BCUT2D eigenvalue weighted by molar-refractivity contribution is -0.161. The van der Waals surface area contributed by atoms with Crippen LogP contribution >= 0.6 is 0 Å². The Bertz CT molecular complexity index is 1180. The van der Waals surface area contributed by atoms with Crippen LogP contribution in [0.1, 0.15) is 284 Å². The van der Waals surface area contributed by atoms with Crippen LogP contribution in [0.4, 0.5) is 0 Å². The Kier molecular flexibility index (Phi) is 54.4. The Morgan fingerprint density at radius 1 is 0.364 bits per heavy atom. The van der Waals surface area contributed by atoms with Gasteiger partial charge in [-0.25, -0.2) is 0 Å². The minimum atomic E-state index is -0.779. The number of carbonyl (C=O) groups is 2. The summed E-state index contributed by atoms with van der Waals surface area (Å²) in [5.41, 5.74) is 0. The molecule has 0 aliphatic rings. The van der Waals surface area contributed by atoms with Crippen molar-refractivity contribution in [3.05, 3.63) is 72.9 Å². The van der Waals surface area contributed by atoms with E-state index >= 15 is 0 Å². The van der Waals surface area contributed by atoms with Crippen LogP contribution in [0.3, 0.4) is 0 Å². The van der Waals surface area contributed by atoms with E-state index in [0.29, 0.717) is 12.8 Å². The molecule has 0 amide bonds. The molecule has 0 aliphatic heterocycles. The van der Waals surface area contributed by atoms with Crippen molar-refractivity contribution in [2.45, 2.75) is 290 Å². The van der Waals surface area contributed by atoms with Crippen LogP contribution in [0, 0.1) is 0 Å². The van der Waals surface area contributed by atoms with Crippen molar-refractivity contribution < 1.29 is 24.2 Å². The number of allylic oxidation sites excluding steroid dienone is 12. The van der Waals surface area contributed by atoms with Gasteiger partial charge in [-0.15, -0.1) is 0 Å². The first kappa shape index (κ1) is 63.3. The first-order chi connectivity index (χ1) is 32.6. The average molecular weight is 922 g/mol. The molecule has 0 aromatic rings. The number of unbranched alkanes of at least 4 members (excludes halogenated alkanes) is 32. The molecule has 0 spiro atoms. The molecule has 1 N–H and O–H groups in total. The van der Waals surface area contributed by atoms with Gasteiger partial charge in [0.1, 0.15) is 6.61 Å². The summed E-state index contributed by atoms with van der Waals surface area (Å²) in [6, 6.07) is 0. The molecule has 0 saturated heterocycles. The average Bonchev–Trinajstić information content (AvgIpc) is 3.32. The summed E-state index contributed by atoms with van der Waals surface area (Å²) in [6.45, 7) is 4.05. The molecule has 66 heavy (non-hydrogen) atoms. The molecule has 382 valence electrons. The molecule has 0 aliphatic carbocycles. The molecule has 5 heteroatoms. The Balaban J connectivity index is 3.49. The normalized spacial score (nSPS) is 12.7. The third kappa shape index (κ3) is 54.0. The summed E-state index contributed by atoms with van der Waals surface area (Å²) in [6.07, 6.45) is 77.3. The summed E-state index contributed by atoms with van der Waals surface area (Å²) in [4.78, 5) is 24.5. The molecule has 1 unspecified atom stereocenters. The second-order valence-corrected chi connectivity index (χ2v) is 19.0. The highest BCUT2D eigenvalue weighted by Crippen LogP contribution is 2.16. The minimum absolute atomic E-state index is 0.0687. The number of ether oxygens (including phenoxy) is 2. The molecule has 0 radical (unpaired) electrons. The van der Waals surface area contributed by atoms with E-state index in [4.69, 9.17) is 9.47 Å². The van der Waals surface area contributed by atoms with Gasteiger partial charge in [0.15, 0.2) is 6.10 Å². The molecule has 0 rings (SSSR count). The summed E-state index contributed by atoms with van der Waals surface area (Å²) in [7, 11) is 0. The summed E-state index contributed by atoms with van der Waals surface area (Å²) in [5, 5.41) is 9.66. The highest BCUT2D eigenvalue weighted by Gasteiger charge is 2.16. The molecule has 0 aromatic heterocycles. The van der Waals surface area contributed by atoms with E-state index in [-0.39, 0.29) is 25.2 Å².